The number of hydrogen-bond donors (Lipinski definition) is 0. The van der Waals surface area contributed by atoms with Gasteiger partial charge in [-0.3, -0.25) is 4.79 Å². The molecule has 0 unspecified atom stereocenters. The fourth-order valence-corrected chi connectivity index (χ4v) is 1.38. The third-order valence-electron chi connectivity index (χ3n) is 2.06. The lowest BCUT2D eigenvalue weighted by Gasteiger charge is -1.96. The summed E-state index contributed by atoms with van der Waals surface area (Å²) in [7, 11) is 0. The summed E-state index contributed by atoms with van der Waals surface area (Å²) in [6.45, 7) is 1.96. The molecule has 0 aliphatic heterocycles. The van der Waals surface area contributed by atoms with E-state index in [0.29, 0.717) is 5.78 Å². The maximum absolute atomic E-state index is 11.2. The van der Waals surface area contributed by atoms with Crippen LogP contribution in [-0.4, -0.2) is 5.78 Å². The molecule has 1 rings (SSSR count). The quantitative estimate of drug-likeness (QED) is 0.371. The van der Waals surface area contributed by atoms with Crippen molar-refractivity contribution in [3.05, 3.63) is 11.6 Å². The van der Waals surface area contributed by atoms with Crippen LogP contribution in [0, 0.1) is 0 Å². The van der Waals surface area contributed by atoms with Gasteiger partial charge < -0.3 is 0 Å². The molecule has 0 saturated heterocycles. The Labute approximate surface area is 62.1 Å². The van der Waals surface area contributed by atoms with E-state index < -0.39 is 0 Å². The van der Waals surface area contributed by atoms with Crippen LogP contribution in [0.2, 0.25) is 0 Å². The Morgan fingerprint density at radius 3 is 2.60 bits per heavy atom. The minimum absolute atomic E-state index is 0.375. The van der Waals surface area contributed by atoms with Crippen molar-refractivity contribution in [2.24, 2.45) is 0 Å². The van der Waals surface area contributed by atoms with E-state index in [4.69, 9.17) is 0 Å². The Hall–Kier alpha value is -0.590. The van der Waals surface area contributed by atoms with Gasteiger partial charge in [-0.2, -0.15) is 0 Å². The average molecular weight is 138 g/mol. The van der Waals surface area contributed by atoms with Crippen molar-refractivity contribution in [2.75, 3.05) is 0 Å². The SMILES string of the molecule is C/C=C1\CCCCCC1=O. The Kier molecular flexibility index (Phi) is 2.67. The molecular weight excluding hydrogens is 124 g/mol. The molecule has 56 valence electrons. The van der Waals surface area contributed by atoms with Gasteiger partial charge in [0.15, 0.2) is 5.78 Å². The molecule has 0 N–H and O–H groups in total. The minimum atomic E-state index is 0.375. The van der Waals surface area contributed by atoms with Gasteiger partial charge in [0.1, 0.15) is 0 Å². The summed E-state index contributed by atoms with van der Waals surface area (Å²) in [4.78, 5) is 11.2. The molecule has 1 aliphatic rings. The number of carbonyl (C=O) groups is 1. The summed E-state index contributed by atoms with van der Waals surface area (Å²) in [5.74, 6) is 0.375. The number of Topliss-reactive ketones (excluding diaryl/α,β-unsaturated/α-hetero) is 1. The highest BCUT2D eigenvalue weighted by atomic mass is 16.1. The van der Waals surface area contributed by atoms with Crippen molar-refractivity contribution < 1.29 is 4.79 Å². The molecule has 10 heavy (non-hydrogen) atoms. The molecule has 1 aliphatic carbocycles. The first kappa shape index (κ1) is 7.52. The standard InChI is InChI=1S/C9H14O/c1-2-8-6-4-3-5-7-9(8)10/h2H,3-7H2,1H3/b8-2+. The lowest BCUT2D eigenvalue weighted by Crippen LogP contribution is -1.98. The van der Waals surface area contributed by atoms with Gasteiger partial charge in [0.25, 0.3) is 0 Å². The Bertz CT molecular complexity index is 156. The van der Waals surface area contributed by atoms with Crippen molar-refractivity contribution in [1.82, 2.24) is 0 Å². The fraction of sp³-hybridized carbons (Fsp3) is 0.667. The molecule has 1 nitrogen and oxygen atoms in total. The molecule has 0 heterocycles. The summed E-state index contributed by atoms with van der Waals surface area (Å²) < 4.78 is 0. The van der Waals surface area contributed by atoms with Crippen LogP contribution in [0.25, 0.3) is 0 Å². The van der Waals surface area contributed by atoms with Crippen LogP contribution < -0.4 is 0 Å². The molecular formula is C9H14O. The van der Waals surface area contributed by atoms with Gasteiger partial charge in [-0.15, -0.1) is 0 Å². The fourth-order valence-electron chi connectivity index (χ4n) is 1.38. The molecule has 1 fully saturated rings. The van der Waals surface area contributed by atoms with E-state index in [1.165, 1.54) is 12.8 Å². The largest absolute Gasteiger partial charge is 0.295 e. The van der Waals surface area contributed by atoms with Crippen molar-refractivity contribution in [3.8, 4) is 0 Å². The second-order valence-corrected chi connectivity index (χ2v) is 2.80. The summed E-state index contributed by atoms with van der Waals surface area (Å²) in [6, 6.07) is 0. The van der Waals surface area contributed by atoms with Crippen molar-refractivity contribution >= 4 is 5.78 Å². The summed E-state index contributed by atoms with van der Waals surface area (Å²) in [5.41, 5.74) is 1.05. The third kappa shape index (κ3) is 1.69. The van der Waals surface area contributed by atoms with Crippen LogP contribution in [0.15, 0.2) is 11.6 Å². The van der Waals surface area contributed by atoms with Crippen LogP contribution in [-0.2, 0) is 4.79 Å². The van der Waals surface area contributed by atoms with Crippen LogP contribution in [0.1, 0.15) is 39.0 Å². The first-order valence-corrected chi connectivity index (χ1v) is 4.03. The van der Waals surface area contributed by atoms with E-state index in [0.717, 1.165) is 24.8 Å². The first-order chi connectivity index (χ1) is 4.84. The molecule has 0 aromatic rings. The van der Waals surface area contributed by atoms with Crippen LogP contribution in [0.5, 0.6) is 0 Å². The van der Waals surface area contributed by atoms with Crippen LogP contribution in [0.4, 0.5) is 0 Å². The Morgan fingerprint density at radius 2 is 1.90 bits per heavy atom. The zero-order valence-electron chi connectivity index (χ0n) is 6.52. The zero-order chi connectivity index (χ0) is 7.40. The van der Waals surface area contributed by atoms with Gasteiger partial charge in [-0.1, -0.05) is 12.5 Å². The topological polar surface area (TPSA) is 17.1 Å². The molecule has 0 spiro atoms. The van der Waals surface area contributed by atoms with Crippen molar-refractivity contribution in [3.63, 3.8) is 0 Å². The van der Waals surface area contributed by atoms with Crippen molar-refractivity contribution in [2.45, 2.75) is 39.0 Å². The second kappa shape index (κ2) is 3.55. The Morgan fingerprint density at radius 1 is 1.20 bits per heavy atom. The number of allylic oxidation sites excluding steroid dienone is 2. The molecule has 0 aromatic heterocycles. The highest BCUT2D eigenvalue weighted by molar-refractivity contribution is 5.95. The van der Waals surface area contributed by atoms with Gasteiger partial charge in [-0.25, -0.2) is 0 Å². The Balaban J connectivity index is 2.61. The van der Waals surface area contributed by atoms with Gasteiger partial charge >= 0.3 is 0 Å². The zero-order valence-corrected chi connectivity index (χ0v) is 6.52. The number of hydrogen-bond acceptors (Lipinski definition) is 1. The summed E-state index contributed by atoms with van der Waals surface area (Å²) in [6.07, 6.45) is 7.27. The van der Waals surface area contributed by atoms with E-state index in [1.54, 1.807) is 0 Å². The number of rotatable bonds is 0. The minimum Gasteiger partial charge on any atom is -0.295 e. The molecule has 0 radical (unpaired) electrons. The van der Waals surface area contributed by atoms with Crippen LogP contribution in [0.3, 0.4) is 0 Å². The van der Waals surface area contributed by atoms with Gasteiger partial charge in [0.2, 0.25) is 0 Å². The molecule has 0 amide bonds. The molecule has 0 aromatic carbocycles. The predicted octanol–water partition coefficient (Wildman–Crippen LogP) is 2.47. The summed E-state index contributed by atoms with van der Waals surface area (Å²) >= 11 is 0. The average Bonchev–Trinajstić information content (AvgIpc) is 2.13. The maximum Gasteiger partial charge on any atom is 0.158 e. The van der Waals surface area contributed by atoms with E-state index in [-0.39, 0.29) is 0 Å². The van der Waals surface area contributed by atoms with Crippen LogP contribution >= 0.6 is 0 Å². The lowest BCUT2D eigenvalue weighted by molar-refractivity contribution is -0.115. The van der Waals surface area contributed by atoms with Gasteiger partial charge in [-0.05, 0) is 31.8 Å². The second-order valence-electron chi connectivity index (χ2n) is 2.80. The molecule has 1 heteroatoms. The third-order valence-corrected chi connectivity index (χ3v) is 2.06. The molecule has 0 bridgehead atoms. The molecule has 0 atom stereocenters. The highest BCUT2D eigenvalue weighted by Gasteiger charge is 2.11. The normalized spacial score (nSPS) is 24.9. The highest BCUT2D eigenvalue weighted by Crippen LogP contribution is 2.18. The smallest absolute Gasteiger partial charge is 0.158 e. The van der Waals surface area contributed by atoms with E-state index >= 15 is 0 Å². The first-order valence-electron chi connectivity index (χ1n) is 4.03. The molecule has 1 saturated carbocycles. The predicted molar refractivity (Wildman–Crippen MR) is 41.8 cm³/mol. The summed E-state index contributed by atoms with van der Waals surface area (Å²) in [5, 5.41) is 0. The van der Waals surface area contributed by atoms with Crippen molar-refractivity contribution in [1.29, 1.82) is 0 Å². The monoisotopic (exact) mass is 138 g/mol. The lowest BCUT2D eigenvalue weighted by atomic mass is 10.1. The maximum atomic E-state index is 11.2. The van der Waals surface area contributed by atoms with E-state index in [9.17, 15) is 4.79 Å². The van der Waals surface area contributed by atoms with E-state index in [2.05, 4.69) is 0 Å². The number of carbonyl (C=O) groups excluding carboxylic acids is 1. The number of ketones is 1. The van der Waals surface area contributed by atoms with Gasteiger partial charge in [0.05, 0.1) is 0 Å². The van der Waals surface area contributed by atoms with Gasteiger partial charge in [0, 0.05) is 6.42 Å². The van der Waals surface area contributed by atoms with E-state index in [1.807, 2.05) is 13.0 Å².